The van der Waals surface area contributed by atoms with E-state index in [0.29, 0.717) is 0 Å². The molecule has 0 aromatic heterocycles. The van der Waals surface area contributed by atoms with Gasteiger partial charge in [-0.2, -0.15) is 0 Å². The standard InChI is InChI=1S/C15H22N2O8S/c1-4-22-14(21)25-9(3)24-13(20)15(6-23-8(2)18)5-17-11(19)10(16)12(17)26-7-15/h9-10,12H,4-7,16H2,1-3H3/t9?,10?,12-,15?/m1/s1. The van der Waals surface area contributed by atoms with Crippen LogP contribution >= 0.6 is 11.8 Å². The Bertz CT molecular complexity index is 600. The number of rotatable bonds is 6. The number of esters is 2. The largest absolute Gasteiger partial charge is 0.511 e. The van der Waals surface area contributed by atoms with E-state index < -0.39 is 35.8 Å². The van der Waals surface area contributed by atoms with Crippen molar-refractivity contribution in [3.63, 3.8) is 0 Å². The second-order valence-corrected chi connectivity index (χ2v) is 7.13. The van der Waals surface area contributed by atoms with Gasteiger partial charge >= 0.3 is 18.1 Å². The first-order valence-corrected chi connectivity index (χ1v) is 9.10. The van der Waals surface area contributed by atoms with Crippen LogP contribution in [0.15, 0.2) is 0 Å². The molecule has 2 heterocycles. The molecule has 3 unspecified atom stereocenters. The van der Waals surface area contributed by atoms with Crippen LogP contribution in [0.2, 0.25) is 0 Å². The Hall–Kier alpha value is -2.01. The molecule has 4 atom stereocenters. The zero-order valence-corrected chi connectivity index (χ0v) is 15.6. The minimum Gasteiger partial charge on any atom is -0.465 e. The van der Waals surface area contributed by atoms with E-state index in [0.717, 1.165) is 0 Å². The lowest BCUT2D eigenvalue weighted by molar-refractivity contribution is -0.186. The number of ether oxygens (including phenoxy) is 4. The lowest BCUT2D eigenvalue weighted by Gasteiger charge is -2.52. The molecule has 0 aromatic rings. The molecule has 0 spiro atoms. The molecule has 2 N–H and O–H groups in total. The summed E-state index contributed by atoms with van der Waals surface area (Å²) in [5.74, 6) is -1.34. The number of carbonyl (C=O) groups excluding carboxylic acids is 4. The molecular weight excluding hydrogens is 368 g/mol. The quantitative estimate of drug-likeness (QED) is 0.282. The molecule has 11 heteroatoms. The smallest absolute Gasteiger partial charge is 0.465 e. The van der Waals surface area contributed by atoms with Crippen molar-refractivity contribution in [3.05, 3.63) is 0 Å². The highest BCUT2D eigenvalue weighted by molar-refractivity contribution is 8.00. The van der Waals surface area contributed by atoms with Gasteiger partial charge in [-0.3, -0.25) is 14.4 Å². The van der Waals surface area contributed by atoms with Crippen molar-refractivity contribution in [1.82, 2.24) is 4.90 Å². The van der Waals surface area contributed by atoms with Crippen LogP contribution in [0.4, 0.5) is 4.79 Å². The van der Waals surface area contributed by atoms with Crippen LogP contribution < -0.4 is 5.73 Å². The minimum atomic E-state index is -1.27. The summed E-state index contributed by atoms with van der Waals surface area (Å²) in [5, 5.41) is -0.214. The normalized spacial score (nSPS) is 28.3. The van der Waals surface area contributed by atoms with Crippen LogP contribution in [0.25, 0.3) is 0 Å². The van der Waals surface area contributed by atoms with Gasteiger partial charge < -0.3 is 29.6 Å². The summed E-state index contributed by atoms with van der Waals surface area (Å²) in [6.07, 6.45) is -2.17. The minimum absolute atomic E-state index is 0.00936. The molecule has 2 aliphatic heterocycles. The maximum atomic E-state index is 12.7. The average molecular weight is 390 g/mol. The summed E-state index contributed by atoms with van der Waals surface area (Å²) < 4.78 is 19.6. The fourth-order valence-electron chi connectivity index (χ4n) is 2.63. The van der Waals surface area contributed by atoms with Crippen molar-refractivity contribution in [1.29, 1.82) is 0 Å². The number of nitrogens with two attached hydrogens (primary N) is 1. The van der Waals surface area contributed by atoms with Gasteiger partial charge in [0.1, 0.15) is 23.4 Å². The van der Waals surface area contributed by atoms with Crippen molar-refractivity contribution >= 4 is 35.8 Å². The Labute approximate surface area is 154 Å². The number of fused-ring (bicyclic) bond motifs is 1. The highest BCUT2D eigenvalue weighted by Gasteiger charge is 2.57. The van der Waals surface area contributed by atoms with Gasteiger partial charge in [0.05, 0.1) is 6.61 Å². The molecule has 0 saturated carbocycles. The third-order valence-corrected chi connectivity index (χ3v) is 5.58. The molecule has 0 aromatic carbocycles. The Kier molecular flexibility index (Phi) is 6.34. The monoisotopic (exact) mass is 390 g/mol. The fourth-order valence-corrected chi connectivity index (χ4v) is 4.09. The maximum absolute atomic E-state index is 12.7. The molecule has 0 radical (unpaired) electrons. The average Bonchev–Trinajstić information content (AvgIpc) is 2.58. The predicted molar refractivity (Wildman–Crippen MR) is 88.7 cm³/mol. The number of β-lactam (4-membered cyclic amide) rings is 1. The Morgan fingerprint density at radius 3 is 2.65 bits per heavy atom. The molecule has 0 bridgehead atoms. The molecule has 0 aliphatic carbocycles. The van der Waals surface area contributed by atoms with Crippen LogP contribution in [0.3, 0.4) is 0 Å². The van der Waals surface area contributed by atoms with Crippen LogP contribution in [-0.2, 0) is 33.3 Å². The van der Waals surface area contributed by atoms with Crippen molar-refractivity contribution < 1.29 is 38.1 Å². The van der Waals surface area contributed by atoms with Crippen LogP contribution in [0.5, 0.6) is 0 Å². The van der Waals surface area contributed by atoms with Crippen LogP contribution in [0.1, 0.15) is 20.8 Å². The van der Waals surface area contributed by atoms with Gasteiger partial charge in [-0.15, -0.1) is 11.8 Å². The van der Waals surface area contributed by atoms with E-state index >= 15 is 0 Å². The van der Waals surface area contributed by atoms with Gasteiger partial charge in [-0.05, 0) is 6.92 Å². The Morgan fingerprint density at radius 1 is 1.35 bits per heavy atom. The van der Waals surface area contributed by atoms with Gasteiger partial charge in [0.2, 0.25) is 12.2 Å². The molecule has 146 valence electrons. The SMILES string of the molecule is CCOC(=O)OC(C)OC(=O)C1(COC(C)=O)CS[C@@H]2C(N)C(=O)N2C1. The van der Waals surface area contributed by atoms with E-state index in [1.165, 1.54) is 30.5 Å². The molecule has 2 fully saturated rings. The number of hydrogen-bond acceptors (Lipinski definition) is 10. The second-order valence-electron chi connectivity index (χ2n) is 6.03. The van der Waals surface area contributed by atoms with Gasteiger partial charge in [0.15, 0.2) is 0 Å². The third-order valence-electron chi connectivity index (χ3n) is 3.97. The third kappa shape index (κ3) is 4.21. The van der Waals surface area contributed by atoms with Gasteiger partial charge in [0.25, 0.3) is 0 Å². The second kappa shape index (κ2) is 8.12. The number of amides is 1. The Balaban J connectivity index is 2.06. The summed E-state index contributed by atoms with van der Waals surface area (Å²) in [6, 6.07) is -0.603. The lowest BCUT2D eigenvalue weighted by Crippen LogP contribution is -2.72. The lowest BCUT2D eigenvalue weighted by atomic mass is 9.88. The number of carbonyl (C=O) groups is 4. The van der Waals surface area contributed by atoms with Crippen LogP contribution in [-0.4, -0.2) is 72.1 Å². The summed E-state index contributed by atoms with van der Waals surface area (Å²) >= 11 is 1.32. The highest BCUT2D eigenvalue weighted by Crippen LogP contribution is 2.42. The van der Waals surface area contributed by atoms with E-state index in [4.69, 9.17) is 19.9 Å². The van der Waals surface area contributed by atoms with E-state index in [-0.39, 0.29) is 36.8 Å². The van der Waals surface area contributed by atoms with Crippen LogP contribution in [0, 0.1) is 5.41 Å². The van der Waals surface area contributed by atoms with E-state index in [1.807, 2.05) is 0 Å². The van der Waals surface area contributed by atoms with E-state index in [2.05, 4.69) is 4.74 Å². The topological polar surface area (TPSA) is 134 Å². The number of nitrogens with zero attached hydrogens (tertiary/aromatic N) is 1. The van der Waals surface area contributed by atoms with E-state index in [1.54, 1.807) is 6.92 Å². The summed E-state index contributed by atoms with van der Waals surface area (Å²) in [6.45, 7) is 4.05. The first kappa shape index (κ1) is 20.3. The fraction of sp³-hybridized carbons (Fsp3) is 0.733. The zero-order valence-electron chi connectivity index (χ0n) is 14.8. The molecule has 2 aliphatic rings. The van der Waals surface area contributed by atoms with Crippen molar-refractivity contribution in [2.45, 2.75) is 38.5 Å². The summed E-state index contributed by atoms with van der Waals surface area (Å²) in [5.41, 5.74) is 4.47. The van der Waals surface area contributed by atoms with E-state index in [9.17, 15) is 19.2 Å². The Morgan fingerprint density at radius 2 is 2.04 bits per heavy atom. The zero-order chi connectivity index (χ0) is 19.5. The van der Waals surface area contributed by atoms with Gasteiger partial charge in [-0.25, -0.2) is 4.79 Å². The predicted octanol–water partition coefficient (Wildman–Crippen LogP) is -0.159. The first-order valence-electron chi connectivity index (χ1n) is 8.05. The first-order chi connectivity index (χ1) is 12.2. The number of hydrogen-bond donors (Lipinski definition) is 1. The molecule has 2 rings (SSSR count). The number of thioether (sulfide) groups is 1. The summed E-state index contributed by atoms with van der Waals surface area (Å²) in [4.78, 5) is 48.6. The molecule has 10 nitrogen and oxygen atoms in total. The molecule has 26 heavy (non-hydrogen) atoms. The molecule has 2 saturated heterocycles. The maximum Gasteiger partial charge on any atom is 0.511 e. The van der Waals surface area contributed by atoms with Gasteiger partial charge in [-0.1, -0.05) is 0 Å². The summed E-state index contributed by atoms with van der Waals surface area (Å²) in [7, 11) is 0. The van der Waals surface area contributed by atoms with Crippen molar-refractivity contribution in [2.75, 3.05) is 25.5 Å². The highest BCUT2D eigenvalue weighted by atomic mass is 32.2. The molecular formula is C15H22N2O8S. The van der Waals surface area contributed by atoms with Crippen molar-refractivity contribution in [2.24, 2.45) is 11.1 Å². The van der Waals surface area contributed by atoms with Crippen molar-refractivity contribution in [3.8, 4) is 0 Å². The van der Waals surface area contributed by atoms with Gasteiger partial charge in [0, 0.05) is 26.1 Å². The molecule has 1 amide bonds.